The Hall–Kier alpha value is -0.570. The number of hydrogen-bond acceptors (Lipinski definition) is 3. The molecule has 1 atom stereocenters. The zero-order valence-corrected chi connectivity index (χ0v) is 16.4. The van der Waals surface area contributed by atoms with Crippen LogP contribution in [0.2, 0.25) is 0 Å². The van der Waals surface area contributed by atoms with Crippen LogP contribution >= 0.6 is 0 Å². The van der Waals surface area contributed by atoms with Gasteiger partial charge in [-0.2, -0.15) is 0 Å². The van der Waals surface area contributed by atoms with Crippen LogP contribution in [-0.2, 0) is 9.53 Å². The van der Waals surface area contributed by atoms with E-state index in [1.807, 2.05) is 6.92 Å². The maximum Gasteiger partial charge on any atom is 0.334 e. The second-order valence-corrected chi connectivity index (χ2v) is 7.07. The fraction of sp³-hybridized carbons (Fsp3) is 0.952. The highest BCUT2D eigenvalue weighted by Gasteiger charge is 2.15. The summed E-state index contributed by atoms with van der Waals surface area (Å²) in [5, 5.41) is 9.66. The quantitative estimate of drug-likeness (QED) is 0.239. The van der Waals surface area contributed by atoms with Crippen molar-refractivity contribution in [2.45, 2.75) is 123 Å². The summed E-state index contributed by atoms with van der Waals surface area (Å²) in [7, 11) is 0. The van der Waals surface area contributed by atoms with Gasteiger partial charge in [0.25, 0.3) is 0 Å². The number of hydrogen-bond donors (Lipinski definition) is 1. The number of carbonyl (C=O) groups excluding carboxylic acids is 1. The van der Waals surface area contributed by atoms with Crippen molar-refractivity contribution in [3.63, 3.8) is 0 Å². The SMILES string of the molecule is CCCCCCCCCCCCCCCCC(O)C(=O)OCCC. The van der Waals surface area contributed by atoms with E-state index in [-0.39, 0.29) is 0 Å². The third-order valence-electron chi connectivity index (χ3n) is 4.55. The van der Waals surface area contributed by atoms with Crippen LogP contribution < -0.4 is 0 Å². The molecule has 1 N–H and O–H groups in total. The molecule has 0 aliphatic heterocycles. The topological polar surface area (TPSA) is 46.5 Å². The lowest BCUT2D eigenvalue weighted by Gasteiger charge is -2.09. The van der Waals surface area contributed by atoms with Crippen molar-refractivity contribution in [2.24, 2.45) is 0 Å². The zero-order valence-electron chi connectivity index (χ0n) is 16.4. The number of aliphatic hydroxyl groups excluding tert-OH is 1. The minimum absolute atomic E-state index is 0.411. The molecule has 0 amide bonds. The van der Waals surface area contributed by atoms with E-state index in [1.54, 1.807) is 0 Å². The number of rotatable bonds is 18. The lowest BCUT2D eigenvalue weighted by atomic mass is 10.0. The van der Waals surface area contributed by atoms with Crippen molar-refractivity contribution >= 4 is 5.97 Å². The Bertz CT molecular complexity index is 266. The van der Waals surface area contributed by atoms with Crippen LogP contribution in [0.3, 0.4) is 0 Å². The largest absolute Gasteiger partial charge is 0.464 e. The molecule has 3 nitrogen and oxygen atoms in total. The van der Waals surface area contributed by atoms with Gasteiger partial charge in [-0.1, -0.05) is 104 Å². The van der Waals surface area contributed by atoms with Crippen LogP contribution in [0.5, 0.6) is 0 Å². The molecule has 3 heteroatoms. The fourth-order valence-corrected chi connectivity index (χ4v) is 2.95. The van der Waals surface area contributed by atoms with Gasteiger partial charge in [-0.15, -0.1) is 0 Å². The van der Waals surface area contributed by atoms with Gasteiger partial charge in [0.1, 0.15) is 0 Å². The Balaban J connectivity index is 3.18. The summed E-state index contributed by atoms with van der Waals surface area (Å²) in [6, 6.07) is 0. The summed E-state index contributed by atoms with van der Waals surface area (Å²) in [6.07, 6.45) is 18.8. The molecule has 0 saturated carbocycles. The Labute approximate surface area is 150 Å². The van der Waals surface area contributed by atoms with E-state index in [1.165, 1.54) is 77.0 Å². The molecule has 0 saturated heterocycles. The molecule has 0 aliphatic carbocycles. The number of aliphatic hydroxyl groups is 1. The summed E-state index contributed by atoms with van der Waals surface area (Å²) in [5.41, 5.74) is 0. The minimum Gasteiger partial charge on any atom is -0.464 e. The van der Waals surface area contributed by atoms with Crippen molar-refractivity contribution in [1.82, 2.24) is 0 Å². The first kappa shape index (κ1) is 23.4. The molecule has 0 aromatic heterocycles. The molecule has 24 heavy (non-hydrogen) atoms. The Morgan fingerprint density at radius 2 is 1.12 bits per heavy atom. The minimum atomic E-state index is -0.922. The van der Waals surface area contributed by atoms with Crippen LogP contribution in [0.15, 0.2) is 0 Å². The normalized spacial score (nSPS) is 12.3. The first-order valence-corrected chi connectivity index (χ1v) is 10.6. The summed E-state index contributed by atoms with van der Waals surface area (Å²) < 4.78 is 4.93. The van der Waals surface area contributed by atoms with E-state index in [0.29, 0.717) is 13.0 Å². The fourth-order valence-electron chi connectivity index (χ4n) is 2.95. The van der Waals surface area contributed by atoms with Gasteiger partial charge in [0.15, 0.2) is 6.10 Å². The predicted octanol–water partition coefficient (Wildman–Crippen LogP) is 6.17. The average molecular weight is 343 g/mol. The van der Waals surface area contributed by atoms with Crippen molar-refractivity contribution in [1.29, 1.82) is 0 Å². The van der Waals surface area contributed by atoms with Gasteiger partial charge in [-0.05, 0) is 12.8 Å². The summed E-state index contributed by atoms with van der Waals surface area (Å²) in [4.78, 5) is 11.4. The maximum atomic E-state index is 11.4. The molecule has 0 spiro atoms. The van der Waals surface area contributed by atoms with Gasteiger partial charge in [-0.25, -0.2) is 4.79 Å². The lowest BCUT2D eigenvalue weighted by molar-refractivity contribution is -0.153. The van der Waals surface area contributed by atoms with Gasteiger partial charge in [0.2, 0.25) is 0 Å². The molecule has 0 fully saturated rings. The third-order valence-corrected chi connectivity index (χ3v) is 4.55. The standard InChI is InChI=1S/C21H42O3/c1-3-5-6-7-8-9-10-11-12-13-14-15-16-17-18-20(22)21(23)24-19-4-2/h20,22H,3-19H2,1-2H3. The van der Waals surface area contributed by atoms with Gasteiger partial charge in [0, 0.05) is 0 Å². The van der Waals surface area contributed by atoms with E-state index in [0.717, 1.165) is 19.3 Å². The zero-order chi connectivity index (χ0) is 17.9. The maximum absolute atomic E-state index is 11.4. The van der Waals surface area contributed by atoms with Crippen molar-refractivity contribution < 1.29 is 14.6 Å². The number of unbranched alkanes of at least 4 members (excludes halogenated alkanes) is 13. The third kappa shape index (κ3) is 16.3. The highest BCUT2D eigenvalue weighted by molar-refractivity contribution is 5.74. The molecule has 0 aliphatic rings. The Kier molecular flexibility index (Phi) is 18.3. The van der Waals surface area contributed by atoms with E-state index < -0.39 is 12.1 Å². The molecule has 0 aromatic carbocycles. The monoisotopic (exact) mass is 342 g/mol. The summed E-state index contributed by atoms with van der Waals surface area (Å²) in [5.74, 6) is -0.452. The van der Waals surface area contributed by atoms with Crippen molar-refractivity contribution in [3.05, 3.63) is 0 Å². The van der Waals surface area contributed by atoms with Crippen LogP contribution in [0, 0.1) is 0 Å². The first-order valence-electron chi connectivity index (χ1n) is 10.6. The molecule has 1 unspecified atom stereocenters. The molecule has 0 heterocycles. The molecule has 144 valence electrons. The molecule has 0 bridgehead atoms. The highest BCUT2D eigenvalue weighted by Crippen LogP contribution is 2.14. The number of carbonyl (C=O) groups is 1. The van der Waals surface area contributed by atoms with Gasteiger partial charge >= 0.3 is 5.97 Å². The second-order valence-electron chi connectivity index (χ2n) is 7.07. The molecule has 0 aromatic rings. The smallest absolute Gasteiger partial charge is 0.334 e. The number of esters is 1. The van der Waals surface area contributed by atoms with Gasteiger partial charge < -0.3 is 9.84 Å². The van der Waals surface area contributed by atoms with E-state index in [4.69, 9.17) is 4.74 Å². The summed E-state index contributed by atoms with van der Waals surface area (Å²) >= 11 is 0. The Morgan fingerprint density at radius 1 is 0.708 bits per heavy atom. The molecular weight excluding hydrogens is 300 g/mol. The average Bonchev–Trinajstić information content (AvgIpc) is 2.59. The molecular formula is C21H42O3. The first-order chi connectivity index (χ1) is 11.7. The van der Waals surface area contributed by atoms with Crippen LogP contribution in [-0.4, -0.2) is 23.8 Å². The van der Waals surface area contributed by atoms with Crippen molar-refractivity contribution in [2.75, 3.05) is 6.61 Å². The van der Waals surface area contributed by atoms with Crippen LogP contribution in [0.4, 0.5) is 0 Å². The lowest BCUT2D eigenvalue weighted by Crippen LogP contribution is -2.23. The van der Waals surface area contributed by atoms with E-state index in [2.05, 4.69) is 6.92 Å². The van der Waals surface area contributed by atoms with E-state index in [9.17, 15) is 9.90 Å². The highest BCUT2D eigenvalue weighted by atomic mass is 16.5. The van der Waals surface area contributed by atoms with Gasteiger partial charge in [-0.3, -0.25) is 0 Å². The Morgan fingerprint density at radius 3 is 1.54 bits per heavy atom. The van der Waals surface area contributed by atoms with Crippen LogP contribution in [0.25, 0.3) is 0 Å². The molecule has 0 rings (SSSR count). The predicted molar refractivity (Wildman–Crippen MR) is 102 cm³/mol. The van der Waals surface area contributed by atoms with Gasteiger partial charge in [0.05, 0.1) is 6.61 Å². The van der Waals surface area contributed by atoms with E-state index >= 15 is 0 Å². The van der Waals surface area contributed by atoms with Crippen LogP contribution in [0.1, 0.15) is 117 Å². The summed E-state index contributed by atoms with van der Waals surface area (Å²) in [6.45, 7) is 4.63. The second kappa shape index (κ2) is 18.8. The number of ether oxygens (including phenoxy) is 1. The van der Waals surface area contributed by atoms with Crippen molar-refractivity contribution in [3.8, 4) is 0 Å². The molecule has 0 radical (unpaired) electrons.